The van der Waals surface area contributed by atoms with E-state index in [9.17, 15) is 4.79 Å². The van der Waals surface area contributed by atoms with Crippen molar-refractivity contribution in [2.45, 2.75) is 57.5 Å². The highest BCUT2D eigenvalue weighted by Crippen LogP contribution is 2.32. The predicted octanol–water partition coefficient (Wildman–Crippen LogP) is 4.01. The molecule has 1 aliphatic carbocycles. The molecule has 1 saturated heterocycles. The Labute approximate surface area is 135 Å². The van der Waals surface area contributed by atoms with Crippen molar-refractivity contribution in [3.05, 3.63) is 28.2 Å². The van der Waals surface area contributed by atoms with Crippen LogP contribution in [-0.4, -0.2) is 18.0 Å². The smallest absolute Gasteiger partial charge is 0.241 e. The molecule has 21 heavy (non-hydrogen) atoms. The zero-order valence-electron chi connectivity index (χ0n) is 12.5. The van der Waals surface area contributed by atoms with Gasteiger partial charge in [-0.1, -0.05) is 18.9 Å². The van der Waals surface area contributed by atoms with Crippen LogP contribution in [0.25, 0.3) is 0 Å². The molecule has 3 nitrogen and oxygen atoms in total. The number of rotatable bonds is 2. The molecule has 4 heteroatoms. The van der Waals surface area contributed by atoms with E-state index in [-0.39, 0.29) is 11.9 Å². The number of nitrogens with one attached hydrogen (secondary N) is 2. The summed E-state index contributed by atoms with van der Waals surface area (Å²) < 4.78 is 0.946. The Hall–Kier alpha value is -0.870. The molecule has 0 aromatic heterocycles. The molecule has 1 amide bonds. The van der Waals surface area contributed by atoms with Gasteiger partial charge in [0.15, 0.2) is 0 Å². The van der Waals surface area contributed by atoms with Crippen LogP contribution in [0.1, 0.15) is 44.1 Å². The predicted molar refractivity (Wildman–Crippen MR) is 89.4 cm³/mol. The summed E-state index contributed by atoms with van der Waals surface area (Å²) in [6, 6.07) is 6.51. The summed E-state index contributed by atoms with van der Waals surface area (Å²) in [5.74, 6) is 0.887. The van der Waals surface area contributed by atoms with E-state index in [1.165, 1.54) is 37.7 Å². The summed E-state index contributed by atoms with van der Waals surface area (Å²) in [5.41, 5.74) is 2.04. The van der Waals surface area contributed by atoms with Crippen molar-refractivity contribution in [3.8, 4) is 0 Å². The van der Waals surface area contributed by atoms with Gasteiger partial charge >= 0.3 is 0 Å². The summed E-state index contributed by atoms with van der Waals surface area (Å²) in [7, 11) is 0. The lowest BCUT2D eigenvalue weighted by Crippen LogP contribution is -2.53. The molecular formula is C17H23BrN2O. The standard InChI is InChI=1S/C17H23BrN2O/c1-11-6-8-15(13(18)10-11)20-17(21)16-9-7-12-4-2-3-5-14(12)19-16/h6,8,10,12,14,16,19H,2-5,7,9H2,1H3,(H,20,21). The van der Waals surface area contributed by atoms with Crippen molar-refractivity contribution in [2.24, 2.45) is 5.92 Å². The van der Waals surface area contributed by atoms with E-state index in [0.29, 0.717) is 6.04 Å². The minimum Gasteiger partial charge on any atom is -0.324 e. The van der Waals surface area contributed by atoms with Crippen LogP contribution in [0.2, 0.25) is 0 Å². The van der Waals surface area contributed by atoms with Gasteiger partial charge in [-0.15, -0.1) is 0 Å². The van der Waals surface area contributed by atoms with Crippen LogP contribution < -0.4 is 10.6 Å². The van der Waals surface area contributed by atoms with Gasteiger partial charge in [-0.2, -0.15) is 0 Å². The average Bonchev–Trinajstić information content (AvgIpc) is 2.49. The van der Waals surface area contributed by atoms with E-state index in [1.54, 1.807) is 0 Å². The van der Waals surface area contributed by atoms with Crippen molar-refractivity contribution in [1.82, 2.24) is 5.32 Å². The second-order valence-corrected chi connectivity index (χ2v) is 7.27. The number of aryl methyl sites for hydroxylation is 1. The van der Waals surface area contributed by atoms with Crippen LogP contribution in [0.3, 0.4) is 0 Å². The number of hydrogen-bond acceptors (Lipinski definition) is 2. The first-order chi connectivity index (χ1) is 10.1. The zero-order chi connectivity index (χ0) is 14.8. The summed E-state index contributed by atoms with van der Waals surface area (Å²) in [6.45, 7) is 2.04. The molecule has 3 atom stereocenters. The van der Waals surface area contributed by atoms with E-state index in [2.05, 4.69) is 26.6 Å². The van der Waals surface area contributed by atoms with Crippen molar-refractivity contribution in [2.75, 3.05) is 5.32 Å². The normalized spacial score (nSPS) is 28.8. The number of anilines is 1. The number of fused-ring (bicyclic) bond motifs is 1. The monoisotopic (exact) mass is 350 g/mol. The van der Waals surface area contributed by atoms with Crippen LogP contribution in [0.4, 0.5) is 5.69 Å². The first-order valence-corrected chi connectivity index (χ1v) is 8.76. The molecule has 1 aromatic carbocycles. The van der Waals surface area contributed by atoms with Crippen LogP contribution in [0.5, 0.6) is 0 Å². The van der Waals surface area contributed by atoms with Crippen molar-refractivity contribution >= 4 is 27.5 Å². The topological polar surface area (TPSA) is 41.1 Å². The van der Waals surface area contributed by atoms with E-state index in [1.807, 2.05) is 25.1 Å². The Balaban J connectivity index is 1.63. The number of amides is 1. The van der Waals surface area contributed by atoms with Crippen LogP contribution >= 0.6 is 15.9 Å². The second kappa shape index (κ2) is 6.49. The zero-order valence-corrected chi connectivity index (χ0v) is 14.1. The molecule has 1 saturated carbocycles. The first kappa shape index (κ1) is 15.0. The summed E-state index contributed by atoms with van der Waals surface area (Å²) in [5, 5.41) is 6.63. The first-order valence-electron chi connectivity index (χ1n) is 7.96. The quantitative estimate of drug-likeness (QED) is 0.845. The van der Waals surface area contributed by atoms with E-state index >= 15 is 0 Å². The Morgan fingerprint density at radius 2 is 2.05 bits per heavy atom. The average molecular weight is 351 g/mol. The van der Waals surface area contributed by atoms with Gasteiger partial charge in [0.25, 0.3) is 0 Å². The van der Waals surface area contributed by atoms with Crippen LogP contribution in [-0.2, 0) is 4.79 Å². The van der Waals surface area contributed by atoms with E-state index in [4.69, 9.17) is 0 Å². The number of benzene rings is 1. The highest BCUT2D eigenvalue weighted by molar-refractivity contribution is 9.10. The maximum atomic E-state index is 12.5. The molecule has 1 aliphatic heterocycles. The number of hydrogen-bond donors (Lipinski definition) is 2. The molecule has 114 valence electrons. The molecule has 0 spiro atoms. The fourth-order valence-electron chi connectivity index (χ4n) is 3.64. The van der Waals surface area contributed by atoms with Crippen LogP contribution in [0, 0.1) is 12.8 Å². The third kappa shape index (κ3) is 3.49. The lowest BCUT2D eigenvalue weighted by Gasteiger charge is -2.39. The van der Waals surface area contributed by atoms with Crippen LogP contribution in [0.15, 0.2) is 22.7 Å². The van der Waals surface area contributed by atoms with Crippen molar-refractivity contribution in [3.63, 3.8) is 0 Å². The van der Waals surface area contributed by atoms with E-state index in [0.717, 1.165) is 22.5 Å². The molecule has 3 unspecified atom stereocenters. The number of piperidine rings is 1. The second-order valence-electron chi connectivity index (χ2n) is 6.42. The summed E-state index contributed by atoms with van der Waals surface area (Å²) in [4.78, 5) is 12.5. The third-order valence-electron chi connectivity index (χ3n) is 4.85. The third-order valence-corrected chi connectivity index (χ3v) is 5.51. The molecule has 2 fully saturated rings. The number of carbonyl (C=O) groups excluding carboxylic acids is 1. The highest BCUT2D eigenvalue weighted by Gasteiger charge is 2.34. The number of carbonyl (C=O) groups is 1. The maximum absolute atomic E-state index is 12.5. The lowest BCUT2D eigenvalue weighted by molar-refractivity contribution is -0.119. The minimum atomic E-state index is -0.0439. The van der Waals surface area contributed by atoms with Crippen molar-refractivity contribution < 1.29 is 4.79 Å². The molecule has 2 aliphatic rings. The van der Waals surface area contributed by atoms with Gasteiger partial charge in [-0.3, -0.25) is 4.79 Å². The molecule has 1 heterocycles. The fourth-order valence-corrected chi connectivity index (χ4v) is 4.24. The Bertz CT molecular complexity index is 532. The van der Waals surface area contributed by atoms with Gasteiger partial charge in [-0.25, -0.2) is 0 Å². The highest BCUT2D eigenvalue weighted by atomic mass is 79.9. The van der Waals surface area contributed by atoms with Gasteiger partial charge in [0.2, 0.25) is 5.91 Å². The molecule has 0 radical (unpaired) electrons. The lowest BCUT2D eigenvalue weighted by atomic mass is 9.77. The Kier molecular flexibility index (Phi) is 4.65. The number of halogens is 1. The minimum absolute atomic E-state index is 0.0439. The van der Waals surface area contributed by atoms with Gasteiger partial charge in [0.1, 0.15) is 0 Å². The van der Waals surface area contributed by atoms with E-state index < -0.39 is 0 Å². The van der Waals surface area contributed by atoms with Gasteiger partial charge in [0, 0.05) is 10.5 Å². The Morgan fingerprint density at radius 1 is 1.24 bits per heavy atom. The largest absolute Gasteiger partial charge is 0.324 e. The molecular weight excluding hydrogens is 328 g/mol. The summed E-state index contributed by atoms with van der Waals surface area (Å²) >= 11 is 3.52. The molecule has 3 rings (SSSR count). The SMILES string of the molecule is Cc1ccc(NC(=O)C2CCC3CCCCC3N2)c(Br)c1. The Morgan fingerprint density at radius 3 is 2.86 bits per heavy atom. The molecule has 1 aromatic rings. The fraction of sp³-hybridized carbons (Fsp3) is 0.588. The maximum Gasteiger partial charge on any atom is 0.241 e. The van der Waals surface area contributed by atoms with Gasteiger partial charge in [-0.05, 0) is 72.2 Å². The molecule has 0 bridgehead atoms. The van der Waals surface area contributed by atoms with Crippen molar-refractivity contribution in [1.29, 1.82) is 0 Å². The molecule has 2 N–H and O–H groups in total. The van der Waals surface area contributed by atoms with Gasteiger partial charge in [0.05, 0.1) is 11.7 Å². The van der Waals surface area contributed by atoms with Gasteiger partial charge < -0.3 is 10.6 Å². The summed E-state index contributed by atoms with van der Waals surface area (Å²) in [6.07, 6.45) is 7.35.